The molecule has 0 radical (unpaired) electrons. The van der Waals surface area contributed by atoms with Gasteiger partial charge in [0.05, 0.1) is 6.17 Å². The smallest absolute Gasteiger partial charge is 0.344 e. The van der Waals surface area contributed by atoms with Gasteiger partial charge in [-0.05, 0) is 49.7 Å². The van der Waals surface area contributed by atoms with Crippen molar-refractivity contribution in [3.8, 4) is 0 Å². The number of allylic oxidation sites excluding steroid dienone is 2. The van der Waals surface area contributed by atoms with E-state index in [1.54, 1.807) is 0 Å². The Labute approximate surface area is 136 Å². The third-order valence-electron chi connectivity index (χ3n) is 6.10. The SMILES string of the molecule is NOC(=O)C1(N)CCCC2(N)C3CCC(C(N)N)=CC3=CCC12. The molecular weight excluding hydrogens is 294 g/mol. The lowest BCUT2D eigenvalue weighted by atomic mass is 9.52. The van der Waals surface area contributed by atoms with Crippen LogP contribution in [0.1, 0.15) is 38.5 Å². The van der Waals surface area contributed by atoms with E-state index in [9.17, 15) is 4.79 Å². The van der Waals surface area contributed by atoms with Crippen LogP contribution in [0.15, 0.2) is 23.3 Å². The Hall–Kier alpha value is -1.25. The van der Waals surface area contributed by atoms with Crippen molar-refractivity contribution in [1.29, 1.82) is 0 Å². The third-order valence-corrected chi connectivity index (χ3v) is 6.10. The first-order valence-electron chi connectivity index (χ1n) is 8.23. The lowest BCUT2D eigenvalue weighted by Gasteiger charge is -2.56. The van der Waals surface area contributed by atoms with Crippen LogP contribution in [0.4, 0.5) is 0 Å². The van der Waals surface area contributed by atoms with E-state index >= 15 is 0 Å². The Morgan fingerprint density at radius 3 is 2.70 bits per heavy atom. The summed E-state index contributed by atoms with van der Waals surface area (Å²) in [6, 6.07) is 0. The van der Waals surface area contributed by atoms with Crippen LogP contribution in [0.3, 0.4) is 0 Å². The Morgan fingerprint density at radius 2 is 2.04 bits per heavy atom. The number of fused-ring (bicyclic) bond motifs is 3. The molecule has 23 heavy (non-hydrogen) atoms. The summed E-state index contributed by atoms with van der Waals surface area (Å²) in [5, 5.41) is 0. The molecule has 3 rings (SSSR count). The molecule has 0 amide bonds. The van der Waals surface area contributed by atoms with Gasteiger partial charge >= 0.3 is 5.97 Å². The molecule has 3 aliphatic carbocycles. The number of rotatable bonds is 2. The summed E-state index contributed by atoms with van der Waals surface area (Å²) >= 11 is 0. The summed E-state index contributed by atoms with van der Waals surface area (Å²) in [5.74, 6) is 4.54. The fourth-order valence-electron chi connectivity index (χ4n) is 4.88. The summed E-state index contributed by atoms with van der Waals surface area (Å²) in [6.07, 6.45) is 8.29. The van der Waals surface area contributed by atoms with E-state index in [-0.39, 0.29) is 11.8 Å². The first kappa shape index (κ1) is 16.6. The number of carbonyl (C=O) groups excluding carboxylic acids is 1. The predicted molar refractivity (Wildman–Crippen MR) is 87.1 cm³/mol. The van der Waals surface area contributed by atoms with Crippen LogP contribution in [0, 0.1) is 11.8 Å². The number of carbonyl (C=O) groups is 1. The van der Waals surface area contributed by atoms with Crippen LogP contribution < -0.4 is 28.8 Å². The molecule has 0 bridgehead atoms. The first-order valence-corrected chi connectivity index (χ1v) is 8.23. The molecule has 0 aromatic rings. The second-order valence-electron chi connectivity index (χ2n) is 7.24. The molecule has 10 N–H and O–H groups in total. The van der Waals surface area contributed by atoms with Crippen LogP contribution >= 0.6 is 0 Å². The molecule has 0 heterocycles. The highest BCUT2D eigenvalue weighted by Gasteiger charge is 2.59. The van der Waals surface area contributed by atoms with E-state index in [0.29, 0.717) is 12.8 Å². The molecule has 7 heteroatoms. The van der Waals surface area contributed by atoms with Gasteiger partial charge < -0.3 is 27.8 Å². The van der Waals surface area contributed by atoms with Crippen molar-refractivity contribution in [2.45, 2.75) is 55.8 Å². The van der Waals surface area contributed by atoms with Crippen LogP contribution in [-0.4, -0.2) is 23.2 Å². The van der Waals surface area contributed by atoms with Gasteiger partial charge in [0.25, 0.3) is 0 Å². The second kappa shape index (κ2) is 5.68. The standard InChI is InChI=1S/C16H27N5O2/c17-13(18)10-2-4-11-9(8-10)3-5-12-15(11,19)6-1-7-16(12,20)14(22)23-21/h3,8,11-13H,1-2,4-7,17-21H2. The van der Waals surface area contributed by atoms with E-state index < -0.39 is 23.2 Å². The Bertz CT molecular complexity index is 573. The fourth-order valence-corrected chi connectivity index (χ4v) is 4.88. The van der Waals surface area contributed by atoms with Gasteiger partial charge in [-0.25, -0.2) is 4.79 Å². The number of hydrogen-bond acceptors (Lipinski definition) is 7. The summed E-state index contributed by atoms with van der Waals surface area (Å²) in [4.78, 5) is 16.7. The molecule has 0 saturated heterocycles. The molecule has 7 nitrogen and oxygen atoms in total. The van der Waals surface area contributed by atoms with E-state index in [0.717, 1.165) is 31.3 Å². The topological polar surface area (TPSA) is 156 Å². The van der Waals surface area contributed by atoms with Crippen molar-refractivity contribution >= 4 is 5.97 Å². The van der Waals surface area contributed by atoms with E-state index in [2.05, 4.69) is 17.0 Å². The van der Waals surface area contributed by atoms with E-state index in [1.165, 1.54) is 5.57 Å². The molecular formula is C16H27N5O2. The van der Waals surface area contributed by atoms with E-state index in [4.69, 9.17) is 28.8 Å². The first-order chi connectivity index (χ1) is 10.8. The molecule has 1 saturated carbocycles. The predicted octanol–water partition coefficient (Wildman–Crippen LogP) is -0.492. The average molecular weight is 321 g/mol. The maximum atomic E-state index is 12.2. The Morgan fingerprint density at radius 1 is 1.30 bits per heavy atom. The van der Waals surface area contributed by atoms with Crippen molar-refractivity contribution in [2.24, 2.45) is 40.7 Å². The molecule has 4 unspecified atom stereocenters. The van der Waals surface area contributed by atoms with Crippen LogP contribution in [-0.2, 0) is 9.63 Å². The Balaban J connectivity index is 1.99. The van der Waals surface area contributed by atoms with Crippen molar-refractivity contribution in [2.75, 3.05) is 0 Å². The van der Waals surface area contributed by atoms with Gasteiger partial charge in [0.15, 0.2) is 0 Å². The summed E-state index contributed by atoms with van der Waals surface area (Å²) in [6.45, 7) is 0. The fraction of sp³-hybridized carbons (Fsp3) is 0.688. The lowest BCUT2D eigenvalue weighted by molar-refractivity contribution is -0.157. The Kier molecular flexibility index (Phi) is 4.10. The largest absolute Gasteiger partial charge is 0.372 e. The molecule has 3 aliphatic rings. The molecule has 0 aromatic carbocycles. The molecule has 0 aromatic heterocycles. The highest BCUT2D eigenvalue weighted by Crippen LogP contribution is 2.52. The third kappa shape index (κ3) is 2.43. The average Bonchev–Trinajstić information content (AvgIpc) is 2.53. The minimum atomic E-state index is -1.11. The maximum absolute atomic E-state index is 12.2. The molecule has 4 atom stereocenters. The van der Waals surface area contributed by atoms with Crippen LogP contribution in [0.5, 0.6) is 0 Å². The lowest BCUT2D eigenvalue weighted by Crippen LogP contribution is -2.71. The van der Waals surface area contributed by atoms with Crippen LogP contribution in [0.25, 0.3) is 0 Å². The summed E-state index contributed by atoms with van der Waals surface area (Å²) < 4.78 is 0. The zero-order chi connectivity index (χ0) is 16.8. The van der Waals surface area contributed by atoms with Crippen molar-refractivity contribution < 1.29 is 9.63 Å². The van der Waals surface area contributed by atoms with Crippen molar-refractivity contribution in [1.82, 2.24) is 0 Å². The molecule has 1 fully saturated rings. The summed E-state index contributed by atoms with van der Waals surface area (Å²) in [5.41, 5.74) is 25.5. The highest BCUT2D eigenvalue weighted by atomic mass is 16.7. The summed E-state index contributed by atoms with van der Waals surface area (Å²) in [7, 11) is 0. The molecule has 0 aliphatic heterocycles. The van der Waals surface area contributed by atoms with Gasteiger partial charge in [-0.1, -0.05) is 12.2 Å². The number of nitrogens with two attached hydrogens (primary N) is 5. The maximum Gasteiger partial charge on any atom is 0.344 e. The zero-order valence-electron chi connectivity index (χ0n) is 13.3. The van der Waals surface area contributed by atoms with Gasteiger partial charge in [-0.15, -0.1) is 0 Å². The van der Waals surface area contributed by atoms with Gasteiger partial charge in [0.2, 0.25) is 0 Å². The highest BCUT2D eigenvalue weighted by molar-refractivity contribution is 5.81. The number of hydrogen-bond donors (Lipinski definition) is 5. The normalized spacial score (nSPS) is 39.9. The molecule has 128 valence electrons. The van der Waals surface area contributed by atoms with E-state index in [1.807, 2.05) is 0 Å². The van der Waals surface area contributed by atoms with Crippen molar-refractivity contribution in [3.05, 3.63) is 23.3 Å². The van der Waals surface area contributed by atoms with Crippen molar-refractivity contribution in [3.63, 3.8) is 0 Å². The quantitative estimate of drug-likeness (QED) is 0.339. The molecule has 0 spiro atoms. The van der Waals surface area contributed by atoms with Crippen LogP contribution in [0.2, 0.25) is 0 Å². The monoisotopic (exact) mass is 321 g/mol. The van der Waals surface area contributed by atoms with Gasteiger partial charge in [0.1, 0.15) is 5.54 Å². The van der Waals surface area contributed by atoms with Gasteiger partial charge in [0, 0.05) is 17.4 Å². The second-order valence-corrected chi connectivity index (χ2v) is 7.24. The van der Waals surface area contributed by atoms with Gasteiger partial charge in [-0.3, -0.25) is 0 Å². The minimum absolute atomic E-state index is 0.164. The minimum Gasteiger partial charge on any atom is -0.372 e. The zero-order valence-corrected chi connectivity index (χ0v) is 13.3. The van der Waals surface area contributed by atoms with Gasteiger partial charge in [-0.2, -0.15) is 5.90 Å².